The van der Waals surface area contributed by atoms with Gasteiger partial charge in [-0.15, -0.1) is 0 Å². The molecule has 1 aliphatic rings. The highest BCUT2D eigenvalue weighted by Gasteiger charge is 2.20. The van der Waals surface area contributed by atoms with E-state index in [9.17, 15) is 4.79 Å². The molecule has 1 aromatic carbocycles. The summed E-state index contributed by atoms with van der Waals surface area (Å²) in [6.07, 6.45) is 3.78. The third-order valence-corrected chi connectivity index (χ3v) is 2.11. The third kappa shape index (κ3) is 0.925. The third-order valence-electron chi connectivity index (χ3n) is 2.11. The smallest absolute Gasteiger partial charge is 0.228 e. The molecule has 2 N–H and O–H groups in total. The number of carbonyl (C=O) groups is 1. The second kappa shape index (κ2) is 2.48. The van der Waals surface area contributed by atoms with Gasteiger partial charge in [-0.3, -0.25) is 4.79 Å². The summed E-state index contributed by atoms with van der Waals surface area (Å²) < 4.78 is 0. The van der Waals surface area contributed by atoms with Gasteiger partial charge in [0.1, 0.15) is 0 Å². The molecule has 1 atom stereocenters. The first-order valence-corrected chi connectivity index (χ1v) is 3.85. The lowest BCUT2D eigenvalue weighted by Gasteiger charge is -2.04. The van der Waals surface area contributed by atoms with E-state index in [2.05, 4.69) is 0 Å². The van der Waals surface area contributed by atoms with E-state index < -0.39 is 0 Å². The van der Waals surface area contributed by atoms with Crippen molar-refractivity contribution in [3.63, 3.8) is 0 Å². The molecule has 60 valence electrons. The van der Waals surface area contributed by atoms with Gasteiger partial charge in [0.25, 0.3) is 0 Å². The van der Waals surface area contributed by atoms with Crippen LogP contribution in [0.15, 0.2) is 30.3 Å². The van der Waals surface area contributed by atoms with Crippen LogP contribution in [0.1, 0.15) is 17.0 Å². The minimum Gasteiger partial charge on any atom is -0.369 e. The van der Waals surface area contributed by atoms with Gasteiger partial charge in [-0.2, -0.15) is 0 Å². The van der Waals surface area contributed by atoms with Gasteiger partial charge < -0.3 is 5.73 Å². The summed E-state index contributed by atoms with van der Waals surface area (Å²) in [5.41, 5.74) is 7.34. The quantitative estimate of drug-likeness (QED) is 0.659. The Kier molecular flexibility index (Phi) is 1.47. The number of rotatable bonds is 1. The van der Waals surface area contributed by atoms with Crippen LogP contribution in [-0.4, -0.2) is 5.91 Å². The fourth-order valence-corrected chi connectivity index (χ4v) is 1.50. The molecular formula is C10H9NO. The first-order chi connectivity index (χ1) is 5.79. The Labute approximate surface area is 70.7 Å². The van der Waals surface area contributed by atoms with Crippen molar-refractivity contribution in [1.29, 1.82) is 0 Å². The molecule has 0 spiro atoms. The molecule has 0 aromatic heterocycles. The second-order valence-electron chi connectivity index (χ2n) is 2.87. The summed E-state index contributed by atoms with van der Waals surface area (Å²) >= 11 is 0. The molecule has 1 aromatic rings. The Hall–Kier alpha value is -1.57. The lowest BCUT2D eigenvalue weighted by atomic mass is 10.0. The van der Waals surface area contributed by atoms with E-state index in [4.69, 9.17) is 5.73 Å². The number of carbonyl (C=O) groups excluding carboxylic acids is 1. The molecule has 2 rings (SSSR count). The summed E-state index contributed by atoms with van der Waals surface area (Å²) in [4.78, 5) is 10.9. The van der Waals surface area contributed by atoms with E-state index in [1.165, 1.54) is 0 Å². The van der Waals surface area contributed by atoms with Crippen LogP contribution in [0.2, 0.25) is 0 Å². The maximum atomic E-state index is 10.9. The second-order valence-corrected chi connectivity index (χ2v) is 2.87. The number of primary amides is 1. The lowest BCUT2D eigenvalue weighted by Crippen LogP contribution is -2.18. The lowest BCUT2D eigenvalue weighted by molar-refractivity contribution is -0.118. The molecule has 0 fully saturated rings. The number of amides is 1. The number of nitrogens with two attached hydrogens (primary N) is 1. The molecule has 1 amide bonds. The largest absolute Gasteiger partial charge is 0.369 e. The highest BCUT2D eigenvalue weighted by molar-refractivity contribution is 5.89. The van der Waals surface area contributed by atoms with Gasteiger partial charge in [-0.25, -0.2) is 0 Å². The summed E-state index contributed by atoms with van der Waals surface area (Å²) in [6, 6.07) is 7.79. The van der Waals surface area contributed by atoms with Crippen LogP contribution in [0.4, 0.5) is 0 Å². The molecule has 0 saturated heterocycles. The number of hydrogen-bond donors (Lipinski definition) is 1. The molecule has 0 aliphatic heterocycles. The molecule has 2 nitrogen and oxygen atoms in total. The van der Waals surface area contributed by atoms with Crippen molar-refractivity contribution < 1.29 is 4.79 Å². The predicted molar refractivity (Wildman–Crippen MR) is 47.4 cm³/mol. The zero-order valence-electron chi connectivity index (χ0n) is 6.53. The first kappa shape index (κ1) is 7.10. The molecule has 2 heteroatoms. The van der Waals surface area contributed by atoms with Crippen LogP contribution in [-0.2, 0) is 4.79 Å². The van der Waals surface area contributed by atoms with E-state index >= 15 is 0 Å². The van der Waals surface area contributed by atoms with Crippen LogP contribution in [0, 0.1) is 0 Å². The maximum absolute atomic E-state index is 10.9. The Morgan fingerprint density at radius 1 is 1.33 bits per heavy atom. The van der Waals surface area contributed by atoms with Crippen molar-refractivity contribution in [1.82, 2.24) is 0 Å². The van der Waals surface area contributed by atoms with Crippen molar-refractivity contribution in [3.8, 4) is 0 Å². The summed E-state index contributed by atoms with van der Waals surface area (Å²) in [6.45, 7) is 0. The van der Waals surface area contributed by atoms with Crippen LogP contribution < -0.4 is 5.73 Å². The summed E-state index contributed by atoms with van der Waals surface area (Å²) in [7, 11) is 0. The zero-order chi connectivity index (χ0) is 8.55. The Bertz CT molecular complexity index is 355. The Morgan fingerprint density at radius 3 is 2.83 bits per heavy atom. The molecule has 0 saturated carbocycles. The molecule has 0 bridgehead atoms. The average molecular weight is 159 g/mol. The number of benzene rings is 1. The minimum absolute atomic E-state index is 0.221. The minimum atomic E-state index is -0.281. The normalized spacial score (nSPS) is 19.2. The van der Waals surface area contributed by atoms with Crippen molar-refractivity contribution in [2.75, 3.05) is 0 Å². The van der Waals surface area contributed by atoms with Gasteiger partial charge in [0.2, 0.25) is 5.91 Å². The van der Waals surface area contributed by atoms with E-state index in [1.807, 2.05) is 36.4 Å². The Balaban J connectivity index is 2.49. The SMILES string of the molecule is NC(=O)C1C=Cc2ccccc21. The van der Waals surface area contributed by atoms with Crippen molar-refractivity contribution in [3.05, 3.63) is 41.5 Å². The van der Waals surface area contributed by atoms with Crippen molar-refractivity contribution >= 4 is 12.0 Å². The monoisotopic (exact) mass is 159 g/mol. The fraction of sp³-hybridized carbons (Fsp3) is 0.100. The van der Waals surface area contributed by atoms with Gasteiger partial charge in [-0.1, -0.05) is 36.4 Å². The standard InChI is InChI=1S/C10H9NO/c11-10(12)9-6-5-7-3-1-2-4-8(7)9/h1-6,9H,(H2,11,12). The topological polar surface area (TPSA) is 43.1 Å². The van der Waals surface area contributed by atoms with E-state index in [1.54, 1.807) is 0 Å². The van der Waals surface area contributed by atoms with E-state index in [-0.39, 0.29) is 11.8 Å². The van der Waals surface area contributed by atoms with Crippen LogP contribution in [0.3, 0.4) is 0 Å². The van der Waals surface area contributed by atoms with Gasteiger partial charge >= 0.3 is 0 Å². The molecule has 12 heavy (non-hydrogen) atoms. The average Bonchev–Trinajstić information content (AvgIpc) is 2.47. The molecule has 1 unspecified atom stereocenters. The first-order valence-electron chi connectivity index (χ1n) is 3.85. The molecule has 0 heterocycles. The maximum Gasteiger partial charge on any atom is 0.228 e. The highest BCUT2D eigenvalue weighted by atomic mass is 16.1. The summed E-state index contributed by atoms with van der Waals surface area (Å²) in [5.74, 6) is -0.502. The number of hydrogen-bond acceptors (Lipinski definition) is 1. The Morgan fingerprint density at radius 2 is 2.08 bits per heavy atom. The van der Waals surface area contributed by atoms with Gasteiger partial charge in [-0.05, 0) is 11.1 Å². The predicted octanol–water partition coefficient (Wildman–Crippen LogP) is 1.28. The van der Waals surface area contributed by atoms with Crippen molar-refractivity contribution in [2.24, 2.45) is 5.73 Å². The van der Waals surface area contributed by atoms with Crippen LogP contribution >= 0.6 is 0 Å². The van der Waals surface area contributed by atoms with E-state index in [0.717, 1.165) is 11.1 Å². The number of fused-ring (bicyclic) bond motifs is 1. The zero-order valence-corrected chi connectivity index (χ0v) is 6.53. The van der Waals surface area contributed by atoms with Crippen LogP contribution in [0.5, 0.6) is 0 Å². The summed E-state index contributed by atoms with van der Waals surface area (Å²) in [5, 5.41) is 0. The van der Waals surface area contributed by atoms with Crippen LogP contribution in [0.25, 0.3) is 6.08 Å². The van der Waals surface area contributed by atoms with Crippen molar-refractivity contribution in [2.45, 2.75) is 5.92 Å². The van der Waals surface area contributed by atoms with E-state index in [0.29, 0.717) is 0 Å². The molecule has 0 radical (unpaired) electrons. The van der Waals surface area contributed by atoms with Gasteiger partial charge in [0, 0.05) is 0 Å². The highest BCUT2D eigenvalue weighted by Crippen LogP contribution is 2.28. The molecule has 1 aliphatic carbocycles. The molecular weight excluding hydrogens is 150 g/mol. The van der Waals surface area contributed by atoms with Gasteiger partial charge in [0.15, 0.2) is 0 Å². The fourth-order valence-electron chi connectivity index (χ4n) is 1.50. The van der Waals surface area contributed by atoms with Gasteiger partial charge in [0.05, 0.1) is 5.92 Å².